The summed E-state index contributed by atoms with van der Waals surface area (Å²) >= 11 is 0. The van der Waals surface area contributed by atoms with Gasteiger partial charge < -0.3 is 14.9 Å². The lowest BCUT2D eigenvalue weighted by Gasteiger charge is -2.61. The van der Waals surface area contributed by atoms with Crippen LogP contribution in [0.1, 0.15) is 78.6 Å². The van der Waals surface area contributed by atoms with Crippen LogP contribution in [0.5, 0.6) is 0 Å². The summed E-state index contributed by atoms with van der Waals surface area (Å²) in [5, 5.41) is 21.5. The van der Waals surface area contributed by atoms with E-state index in [0.717, 1.165) is 44.9 Å². The van der Waals surface area contributed by atoms with Crippen molar-refractivity contribution in [1.82, 2.24) is 0 Å². The molecule has 0 heterocycles. The molecule has 5 heteroatoms. The van der Waals surface area contributed by atoms with Crippen LogP contribution in [0, 0.1) is 46.3 Å². The second-order valence-electron chi connectivity index (χ2n) is 11.4. The second kappa shape index (κ2) is 7.88. The lowest BCUT2D eigenvalue weighted by atomic mass is 9.43. The van der Waals surface area contributed by atoms with E-state index in [0.29, 0.717) is 24.5 Å². The number of Topliss-reactive ketones (excluding diaryl/α,β-unsaturated/α-hetero) is 1. The third-order valence-corrected chi connectivity index (χ3v) is 10.3. The summed E-state index contributed by atoms with van der Waals surface area (Å²) in [6.45, 7) is 6.67. The molecule has 0 saturated heterocycles. The van der Waals surface area contributed by atoms with Gasteiger partial charge in [-0.3, -0.25) is 9.59 Å². The summed E-state index contributed by atoms with van der Waals surface area (Å²) in [6, 6.07) is 0. The summed E-state index contributed by atoms with van der Waals surface area (Å²) in [4.78, 5) is 25.4. The van der Waals surface area contributed by atoms with Crippen molar-refractivity contribution in [2.45, 2.75) is 90.8 Å². The normalized spacial score (nSPS) is 49.0. The van der Waals surface area contributed by atoms with E-state index in [1.54, 1.807) is 0 Å². The van der Waals surface area contributed by atoms with Crippen LogP contribution in [0.3, 0.4) is 0 Å². The van der Waals surface area contributed by atoms with Gasteiger partial charge in [-0.1, -0.05) is 20.8 Å². The van der Waals surface area contributed by atoms with Gasteiger partial charge in [-0.2, -0.15) is 0 Å². The molecule has 30 heavy (non-hydrogen) atoms. The van der Waals surface area contributed by atoms with Gasteiger partial charge in [0.2, 0.25) is 0 Å². The first-order chi connectivity index (χ1) is 14.1. The highest BCUT2D eigenvalue weighted by Gasteiger charge is 2.65. The summed E-state index contributed by atoms with van der Waals surface area (Å²) < 4.78 is 4.81. The van der Waals surface area contributed by atoms with E-state index in [1.165, 1.54) is 7.11 Å². The number of aliphatic hydroxyl groups excluding tert-OH is 2. The molecule has 10 atom stereocenters. The molecule has 5 nitrogen and oxygen atoms in total. The molecule has 0 spiro atoms. The number of carbonyl (C=O) groups is 2. The molecule has 4 rings (SSSR count). The number of ether oxygens (including phenoxy) is 1. The summed E-state index contributed by atoms with van der Waals surface area (Å²) in [7, 11) is 1.42. The Bertz CT molecular complexity index is 691. The highest BCUT2D eigenvalue weighted by Crippen LogP contribution is 2.67. The molecule has 0 aromatic rings. The maximum Gasteiger partial charge on any atom is 0.305 e. The van der Waals surface area contributed by atoms with Crippen LogP contribution in [0.15, 0.2) is 0 Å². The van der Waals surface area contributed by atoms with Gasteiger partial charge in [0.1, 0.15) is 5.78 Å². The number of fused-ring (bicyclic) bond motifs is 5. The Labute approximate surface area is 180 Å². The van der Waals surface area contributed by atoms with Crippen molar-refractivity contribution in [3.05, 3.63) is 0 Å². The molecule has 4 aliphatic rings. The smallest absolute Gasteiger partial charge is 0.305 e. The first-order valence-corrected chi connectivity index (χ1v) is 12.1. The summed E-state index contributed by atoms with van der Waals surface area (Å²) in [5.74, 6) is 1.70. The molecule has 4 saturated carbocycles. The van der Waals surface area contributed by atoms with Crippen molar-refractivity contribution in [1.29, 1.82) is 0 Å². The molecule has 2 N–H and O–H groups in total. The van der Waals surface area contributed by atoms with Gasteiger partial charge in [0, 0.05) is 18.3 Å². The molecule has 0 bridgehead atoms. The average molecular weight is 421 g/mol. The monoisotopic (exact) mass is 420 g/mol. The zero-order valence-corrected chi connectivity index (χ0v) is 19.1. The van der Waals surface area contributed by atoms with E-state index in [4.69, 9.17) is 4.74 Å². The first-order valence-electron chi connectivity index (χ1n) is 12.1. The molecule has 170 valence electrons. The first kappa shape index (κ1) is 22.3. The van der Waals surface area contributed by atoms with Crippen LogP contribution in [-0.2, 0) is 14.3 Å². The van der Waals surface area contributed by atoms with E-state index in [2.05, 4.69) is 20.8 Å². The van der Waals surface area contributed by atoms with E-state index < -0.39 is 5.41 Å². The van der Waals surface area contributed by atoms with Gasteiger partial charge >= 0.3 is 5.97 Å². The van der Waals surface area contributed by atoms with E-state index in [1.807, 2.05) is 0 Å². The Morgan fingerprint density at radius 1 is 1.17 bits per heavy atom. The van der Waals surface area contributed by atoms with Gasteiger partial charge in [-0.05, 0) is 85.9 Å². The Kier molecular flexibility index (Phi) is 5.85. The van der Waals surface area contributed by atoms with Gasteiger partial charge in [0.05, 0.1) is 19.3 Å². The number of hydrogen-bond donors (Lipinski definition) is 2. The van der Waals surface area contributed by atoms with Crippen LogP contribution in [-0.4, -0.2) is 41.3 Å². The molecule has 4 fully saturated rings. The van der Waals surface area contributed by atoms with Crippen molar-refractivity contribution in [3.63, 3.8) is 0 Å². The maximum atomic E-state index is 13.7. The zero-order chi connectivity index (χ0) is 21.8. The van der Waals surface area contributed by atoms with Crippen molar-refractivity contribution in [3.8, 4) is 0 Å². The maximum absolute atomic E-state index is 13.7. The van der Waals surface area contributed by atoms with Gasteiger partial charge in [0.15, 0.2) is 0 Å². The van der Waals surface area contributed by atoms with Crippen molar-refractivity contribution >= 4 is 11.8 Å². The van der Waals surface area contributed by atoms with E-state index in [-0.39, 0.29) is 53.2 Å². The average Bonchev–Trinajstić information content (AvgIpc) is 3.06. The SMILES string of the molecule is COC(=O)CC[C@@H](C)[C@H]1CC[C@H]2[C@@H]3[C@H](O)C[C@@H]4C[C@H](O)CC[C@]4(C)[C@H]3CC(=O)[C@]12C. The van der Waals surface area contributed by atoms with Gasteiger partial charge in [-0.25, -0.2) is 0 Å². The molecule has 0 radical (unpaired) electrons. The Hall–Kier alpha value is -0.940. The topological polar surface area (TPSA) is 83.8 Å². The lowest BCUT2D eigenvalue weighted by molar-refractivity contribution is -0.181. The van der Waals surface area contributed by atoms with E-state index in [9.17, 15) is 19.8 Å². The van der Waals surface area contributed by atoms with Crippen molar-refractivity contribution in [2.75, 3.05) is 7.11 Å². The van der Waals surface area contributed by atoms with Crippen LogP contribution in [0.25, 0.3) is 0 Å². The van der Waals surface area contributed by atoms with Crippen molar-refractivity contribution < 1.29 is 24.5 Å². The Morgan fingerprint density at radius 2 is 1.90 bits per heavy atom. The number of ketones is 1. The quantitative estimate of drug-likeness (QED) is 0.677. The fraction of sp³-hybridized carbons (Fsp3) is 0.920. The summed E-state index contributed by atoms with van der Waals surface area (Å²) in [6.07, 6.45) is 6.39. The van der Waals surface area contributed by atoms with Crippen LogP contribution in [0.2, 0.25) is 0 Å². The second-order valence-corrected chi connectivity index (χ2v) is 11.4. The standard InChI is InChI=1S/C25H40O5/c1-14(5-8-22(29)30-4)17-6-7-18-23-19(13-21(28)25(17,18)3)24(2)10-9-16(26)11-15(24)12-20(23)27/h14-20,23,26-27H,5-13H2,1-4H3/t14-,15+,16-,17-,18+,19+,20-,23+,24+,25-/m1/s1. The van der Waals surface area contributed by atoms with Crippen LogP contribution < -0.4 is 0 Å². The fourth-order valence-corrected chi connectivity index (χ4v) is 8.51. The van der Waals surface area contributed by atoms with Gasteiger partial charge in [0.25, 0.3) is 0 Å². The largest absolute Gasteiger partial charge is 0.469 e. The van der Waals surface area contributed by atoms with E-state index >= 15 is 0 Å². The Balaban J connectivity index is 1.59. The minimum Gasteiger partial charge on any atom is -0.469 e. The van der Waals surface area contributed by atoms with Crippen molar-refractivity contribution in [2.24, 2.45) is 46.3 Å². The third kappa shape index (κ3) is 3.26. The molecule has 4 aliphatic carbocycles. The minimum atomic E-state index is -0.394. The number of esters is 1. The number of aliphatic hydroxyl groups is 2. The highest BCUT2D eigenvalue weighted by molar-refractivity contribution is 5.87. The fourth-order valence-electron chi connectivity index (χ4n) is 8.51. The molecular formula is C25H40O5. The highest BCUT2D eigenvalue weighted by atomic mass is 16.5. The number of hydrogen-bond acceptors (Lipinski definition) is 5. The van der Waals surface area contributed by atoms with Crippen LogP contribution >= 0.6 is 0 Å². The molecule has 0 unspecified atom stereocenters. The third-order valence-electron chi connectivity index (χ3n) is 10.3. The molecule has 0 aromatic carbocycles. The minimum absolute atomic E-state index is 0.0503. The molecular weight excluding hydrogens is 380 g/mol. The molecule has 0 aliphatic heterocycles. The summed E-state index contributed by atoms with van der Waals surface area (Å²) in [5.41, 5.74) is -0.343. The zero-order valence-electron chi connectivity index (χ0n) is 19.1. The predicted molar refractivity (Wildman–Crippen MR) is 113 cm³/mol. The predicted octanol–water partition coefficient (Wildman–Crippen LogP) is 3.75. The number of carbonyl (C=O) groups excluding carboxylic acids is 2. The Morgan fingerprint density at radius 3 is 2.60 bits per heavy atom. The van der Waals surface area contributed by atoms with Gasteiger partial charge in [-0.15, -0.1) is 0 Å². The molecule has 0 aromatic heterocycles. The number of rotatable bonds is 4. The number of methoxy groups -OCH3 is 1. The lowest BCUT2D eigenvalue weighted by Crippen LogP contribution is -2.61. The van der Waals surface area contributed by atoms with Crippen LogP contribution in [0.4, 0.5) is 0 Å². The molecule has 0 amide bonds.